The molecule has 0 spiro atoms. The van der Waals surface area contributed by atoms with E-state index in [-0.39, 0.29) is 5.91 Å². The summed E-state index contributed by atoms with van der Waals surface area (Å²) in [6, 6.07) is 14.8. The van der Waals surface area contributed by atoms with Crippen molar-refractivity contribution in [2.75, 3.05) is 32.2 Å². The molecular formula is C19H25BN6O. The van der Waals surface area contributed by atoms with Crippen LogP contribution in [0.1, 0.15) is 23.2 Å². The summed E-state index contributed by atoms with van der Waals surface area (Å²) in [5, 5.41) is 15.9. The van der Waals surface area contributed by atoms with E-state index in [1.165, 1.54) is 0 Å². The standard InChI is InChI=1S/C19H25BN6O/c1-21-26(2)16-11-9-15(10-12-16)24-25-18-8-4-3-7-17(18)19(27)22-13-5-6-14-23-20/h3-4,7-12,21,23H,5-6,13-14H2,1-2H3,(H,22,27). The first kappa shape index (κ1) is 20.6. The van der Waals surface area contributed by atoms with Crippen molar-refractivity contribution in [1.29, 1.82) is 0 Å². The highest BCUT2D eigenvalue weighted by atomic mass is 16.1. The van der Waals surface area contributed by atoms with Crippen LogP contribution in [0.2, 0.25) is 0 Å². The maximum absolute atomic E-state index is 12.4. The minimum atomic E-state index is -0.156. The van der Waals surface area contributed by atoms with Gasteiger partial charge < -0.3 is 15.6 Å². The summed E-state index contributed by atoms with van der Waals surface area (Å²) in [6.45, 7) is 1.32. The van der Waals surface area contributed by atoms with Crippen LogP contribution < -0.4 is 21.0 Å². The molecule has 27 heavy (non-hydrogen) atoms. The van der Waals surface area contributed by atoms with Gasteiger partial charge in [-0.3, -0.25) is 4.79 Å². The van der Waals surface area contributed by atoms with Gasteiger partial charge in [-0.15, -0.1) is 5.11 Å². The second kappa shape index (κ2) is 11.1. The second-order valence-electron chi connectivity index (χ2n) is 5.93. The third kappa shape index (κ3) is 6.51. The number of azo groups is 1. The summed E-state index contributed by atoms with van der Waals surface area (Å²) >= 11 is 0. The number of benzene rings is 2. The van der Waals surface area contributed by atoms with E-state index < -0.39 is 0 Å². The number of amides is 1. The van der Waals surface area contributed by atoms with Crippen molar-refractivity contribution in [3.05, 3.63) is 54.1 Å². The number of nitrogens with zero attached hydrogens (tertiary/aromatic N) is 3. The Morgan fingerprint density at radius 1 is 1.04 bits per heavy atom. The number of hydrogen-bond acceptors (Lipinski definition) is 6. The molecule has 0 aliphatic heterocycles. The summed E-state index contributed by atoms with van der Waals surface area (Å²) in [5.41, 5.74) is 5.80. The molecular weight excluding hydrogens is 339 g/mol. The summed E-state index contributed by atoms with van der Waals surface area (Å²) in [4.78, 5) is 12.4. The summed E-state index contributed by atoms with van der Waals surface area (Å²) in [6.07, 6.45) is 1.75. The molecule has 2 radical (unpaired) electrons. The van der Waals surface area contributed by atoms with Gasteiger partial charge in [0.1, 0.15) is 0 Å². The number of anilines is 1. The Balaban J connectivity index is 2.02. The predicted octanol–water partition coefficient (Wildman–Crippen LogP) is 2.86. The Morgan fingerprint density at radius 3 is 2.44 bits per heavy atom. The fourth-order valence-corrected chi connectivity index (χ4v) is 2.39. The van der Waals surface area contributed by atoms with Gasteiger partial charge in [-0.25, -0.2) is 5.43 Å². The Bertz CT molecular complexity index is 750. The molecule has 0 aromatic heterocycles. The van der Waals surface area contributed by atoms with E-state index in [4.69, 9.17) is 7.98 Å². The molecule has 8 heteroatoms. The maximum atomic E-state index is 12.4. The normalized spacial score (nSPS) is 10.9. The quantitative estimate of drug-likeness (QED) is 0.262. The number of nitrogens with one attached hydrogen (secondary N) is 3. The molecule has 2 aromatic rings. The Hall–Kier alpha value is -2.71. The molecule has 1 amide bonds. The van der Waals surface area contributed by atoms with Crippen LogP contribution in [0.25, 0.3) is 0 Å². The highest BCUT2D eigenvalue weighted by Gasteiger charge is 2.10. The molecule has 2 rings (SSSR count). The fraction of sp³-hybridized carbons (Fsp3) is 0.316. The average molecular weight is 364 g/mol. The van der Waals surface area contributed by atoms with Crippen molar-refractivity contribution in [2.45, 2.75) is 12.8 Å². The Kier molecular flexibility index (Phi) is 8.47. The third-order valence-corrected chi connectivity index (χ3v) is 4.03. The number of carbonyl (C=O) groups excluding carboxylic acids is 1. The fourth-order valence-electron chi connectivity index (χ4n) is 2.39. The number of carbonyl (C=O) groups is 1. The van der Waals surface area contributed by atoms with Crippen molar-refractivity contribution in [2.24, 2.45) is 10.2 Å². The van der Waals surface area contributed by atoms with Gasteiger partial charge in [-0.2, -0.15) is 5.11 Å². The molecule has 0 fully saturated rings. The van der Waals surface area contributed by atoms with Gasteiger partial charge in [0.25, 0.3) is 5.91 Å². The molecule has 140 valence electrons. The van der Waals surface area contributed by atoms with Crippen LogP contribution in [0.15, 0.2) is 58.8 Å². The molecule has 0 unspecified atom stereocenters. The van der Waals surface area contributed by atoms with E-state index >= 15 is 0 Å². The minimum absolute atomic E-state index is 0.156. The number of hydrogen-bond donors (Lipinski definition) is 3. The maximum Gasteiger partial charge on any atom is 0.253 e. The van der Waals surface area contributed by atoms with Crippen LogP contribution in [0.3, 0.4) is 0 Å². The highest BCUT2D eigenvalue weighted by molar-refractivity contribution is 6.04. The van der Waals surface area contributed by atoms with Gasteiger partial charge in [-0.1, -0.05) is 12.1 Å². The van der Waals surface area contributed by atoms with E-state index in [0.717, 1.165) is 25.1 Å². The van der Waals surface area contributed by atoms with Gasteiger partial charge in [0.15, 0.2) is 7.98 Å². The second-order valence-corrected chi connectivity index (χ2v) is 5.93. The SMILES string of the molecule is [B]NCCCCNC(=O)c1ccccc1N=Nc1ccc(N(C)NC)cc1. The molecule has 0 aliphatic carbocycles. The lowest BCUT2D eigenvalue weighted by molar-refractivity contribution is 0.0953. The van der Waals surface area contributed by atoms with E-state index in [9.17, 15) is 4.79 Å². The minimum Gasteiger partial charge on any atom is -0.366 e. The largest absolute Gasteiger partial charge is 0.366 e. The van der Waals surface area contributed by atoms with Crippen molar-refractivity contribution < 1.29 is 4.79 Å². The van der Waals surface area contributed by atoms with Gasteiger partial charge in [0.2, 0.25) is 0 Å². The summed E-state index contributed by atoms with van der Waals surface area (Å²) in [7, 11) is 9.01. The molecule has 0 saturated heterocycles. The molecule has 0 aliphatic rings. The topological polar surface area (TPSA) is 81.1 Å². The van der Waals surface area contributed by atoms with Crippen LogP contribution in [-0.2, 0) is 0 Å². The van der Waals surface area contributed by atoms with E-state index in [1.54, 1.807) is 12.1 Å². The number of rotatable bonds is 10. The predicted molar refractivity (Wildman–Crippen MR) is 110 cm³/mol. The monoisotopic (exact) mass is 364 g/mol. The lowest BCUT2D eigenvalue weighted by Gasteiger charge is -2.16. The first-order valence-electron chi connectivity index (χ1n) is 8.89. The lowest BCUT2D eigenvalue weighted by atomic mass is 10.1. The summed E-state index contributed by atoms with van der Waals surface area (Å²) < 4.78 is 0. The van der Waals surface area contributed by atoms with Gasteiger partial charge >= 0.3 is 0 Å². The van der Waals surface area contributed by atoms with Crippen LogP contribution >= 0.6 is 0 Å². The number of hydrazine groups is 1. The van der Waals surface area contributed by atoms with E-state index in [0.29, 0.717) is 23.5 Å². The zero-order chi connectivity index (χ0) is 19.5. The van der Waals surface area contributed by atoms with Crippen molar-refractivity contribution in [3.8, 4) is 0 Å². The van der Waals surface area contributed by atoms with E-state index in [1.807, 2.05) is 55.5 Å². The highest BCUT2D eigenvalue weighted by Crippen LogP contribution is 2.23. The van der Waals surface area contributed by atoms with Crippen molar-refractivity contribution in [3.63, 3.8) is 0 Å². The smallest absolute Gasteiger partial charge is 0.253 e. The molecule has 0 atom stereocenters. The Morgan fingerprint density at radius 2 is 1.74 bits per heavy atom. The van der Waals surface area contributed by atoms with Crippen LogP contribution in [0, 0.1) is 0 Å². The molecule has 0 heterocycles. The van der Waals surface area contributed by atoms with Gasteiger partial charge in [-0.05, 0) is 55.8 Å². The molecule has 3 N–H and O–H groups in total. The first-order chi connectivity index (χ1) is 13.2. The van der Waals surface area contributed by atoms with Crippen LogP contribution in [-0.4, -0.2) is 41.1 Å². The zero-order valence-corrected chi connectivity index (χ0v) is 15.8. The van der Waals surface area contributed by atoms with E-state index in [2.05, 4.69) is 26.2 Å². The van der Waals surface area contributed by atoms with Crippen LogP contribution in [0.5, 0.6) is 0 Å². The number of unbranched alkanes of at least 4 members (excludes halogenated alkanes) is 1. The van der Waals surface area contributed by atoms with Gasteiger partial charge in [0.05, 0.1) is 22.6 Å². The van der Waals surface area contributed by atoms with Crippen molar-refractivity contribution in [1.82, 2.24) is 16.0 Å². The van der Waals surface area contributed by atoms with Crippen LogP contribution in [0.4, 0.5) is 17.1 Å². The first-order valence-corrected chi connectivity index (χ1v) is 8.89. The molecule has 0 bridgehead atoms. The zero-order valence-electron chi connectivity index (χ0n) is 15.8. The molecule has 7 nitrogen and oxygen atoms in total. The molecule has 2 aromatic carbocycles. The average Bonchev–Trinajstić information content (AvgIpc) is 2.72. The summed E-state index contributed by atoms with van der Waals surface area (Å²) in [5.74, 6) is -0.156. The lowest BCUT2D eigenvalue weighted by Crippen LogP contribution is -2.30. The van der Waals surface area contributed by atoms with Crippen molar-refractivity contribution >= 4 is 31.0 Å². The third-order valence-electron chi connectivity index (χ3n) is 4.03. The molecule has 0 saturated carbocycles. The van der Waals surface area contributed by atoms with Gasteiger partial charge in [0, 0.05) is 20.6 Å². The Labute approximate surface area is 161 Å².